The molecule has 0 fully saturated rings. The number of hydrogen-bond acceptors (Lipinski definition) is 5. The number of nitrogens with zero attached hydrogens (tertiary/aromatic N) is 1. The molecule has 6 nitrogen and oxygen atoms in total. The molecule has 0 saturated carbocycles. The molecule has 2 aliphatic heterocycles. The molecule has 1 aromatic carbocycles. The number of hydrogen-bond donors (Lipinski definition) is 0. The van der Waals surface area contributed by atoms with Gasteiger partial charge in [0.2, 0.25) is 0 Å². The number of aromatic nitrogens is 1. The Morgan fingerprint density at radius 3 is 2.75 bits per heavy atom. The van der Waals surface area contributed by atoms with Crippen LogP contribution in [0.3, 0.4) is 0 Å². The molecule has 0 radical (unpaired) electrons. The number of carbonyl (C=O) groups excluding carboxylic acids is 2. The molecule has 0 spiro atoms. The van der Waals surface area contributed by atoms with E-state index in [1.807, 2.05) is 0 Å². The van der Waals surface area contributed by atoms with Crippen LogP contribution in [0.1, 0.15) is 63.8 Å². The van der Waals surface area contributed by atoms with Crippen molar-refractivity contribution >= 4 is 35.1 Å². The van der Waals surface area contributed by atoms with Crippen molar-refractivity contribution in [3.63, 3.8) is 0 Å². The second-order valence-electron chi connectivity index (χ2n) is 6.78. The molecule has 2 aromatic rings. The maximum Gasteiger partial charge on any atom is 0.343 e. The second kappa shape index (κ2) is 7.26. The van der Waals surface area contributed by atoms with Crippen molar-refractivity contribution in [2.45, 2.75) is 38.3 Å². The largest absolute Gasteiger partial charge is 0.462 e. The highest BCUT2D eigenvalue weighted by Crippen LogP contribution is 2.45. The lowest BCUT2D eigenvalue weighted by atomic mass is 9.82. The highest BCUT2D eigenvalue weighted by Gasteiger charge is 2.41. The summed E-state index contributed by atoms with van der Waals surface area (Å²) in [7, 11) is 0. The summed E-state index contributed by atoms with van der Waals surface area (Å²) in [6, 6.07) is 6.40. The first-order valence-electron chi connectivity index (χ1n) is 9.03. The standard InChI is InChI=1S/C20H17Cl2NO5/c1-2-27-19(25)13-9-12-16-11(4-3-7-23(16)18(13)24)17(28-20(12)26)10-5-6-14(21)15(22)8-10/h5-6,8-9,11,17H,2-4,7H2,1H3. The highest BCUT2D eigenvalue weighted by atomic mass is 35.5. The van der Waals surface area contributed by atoms with Crippen LogP contribution < -0.4 is 5.56 Å². The predicted octanol–water partition coefficient (Wildman–Crippen LogP) is 4.12. The number of halogens is 2. The fraction of sp³-hybridized carbons (Fsp3) is 0.350. The van der Waals surface area contributed by atoms with Crippen LogP contribution in [0.15, 0.2) is 29.1 Å². The van der Waals surface area contributed by atoms with Gasteiger partial charge in [0.25, 0.3) is 5.56 Å². The number of pyridine rings is 1. The fourth-order valence-corrected chi connectivity index (χ4v) is 4.28. The van der Waals surface area contributed by atoms with Crippen molar-refractivity contribution in [1.82, 2.24) is 4.57 Å². The molecule has 2 aliphatic rings. The third-order valence-corrected chi connectivity index (χ3v) is 5.90. The summed E-state index contributed by atoms with van der Waals surface area (Å²) in [4.78, 5) is 37.8. The molecule has 3 heterocycles. The minimum Gasteiger partial charge on any atom is -0.462 e. The lowest BCUT2D eigenvalue weighted by molar-refractivity contribution is 0.0119. The first kappa shape index (κ1) is 19.0. The topological polar surface area (TPSA) is 74.6 Å². The molecule has 8 heteroatoms. The summed E-state index contributed by atoms with van der Waals surface area (Å²) in [5.41, 5.74) is 0.977. The number of ether oxygens (including phenoxy) is 2. The van der Waals surface area contributed by atoms with Crippen LogP contribution >= 0.6 is 23.2 Å². The Hall–Kier alpha value is -2.31. The summed E-state index contributed by atoms with van der Waals surface area (Å²) in [6.07, 6.45) is 0.886. The maximum absolute atomic E-state index is 12.9. The Morgan fingerprint density at radius 1 is 1.25 bits per heavy atom. The Kier molecular flexibility index (Phi) is 4.93. The average molecular weight is 422 g/mol. The van der Waals surface area contributed by atoms with E-state index in [9.17, 15) is 14.4 Å². The van der Waals surface area contributed by atoms with Gasteiger partial charge in [-0.3, -0.25) is 4.79 Å². The Balaban J connectivity index is 1.86. The lowest BCUT2D eigenvalue weighted by Crippen LogP contribution is -2.40. The summed E-state index contributed by atoms with van der Waals surface area (Å²) in [5, 5.41) is 0.777. The highest BCUT2D eigenvalue weighted by molar-refractivity contribution is 6.42. The van der Waals surface area contributed by atoms with Crippen LogP contribution in [0.25, 0.3) is 0 Å². The van der Waals surface area contributed by atoms with Gasteiger partial charge in [0.05, 0.1) is 22.2 Å². The number of esters is 2. The van der Waals surface area contributed by atoms with Crippen molar-refractivity contribution in [3.05, 3.63) is 67.0 Å². The fourth-order valence-electron chi connectivity index (χ4n) is 3.97. The molecule has 0 saturated heterocycles. The summed E-state index contributed by atoms with van der Waals surface area (Å²) >= 11 is 12.1. The van der Waals surface area contributed by atoms with Gasteiger partial charge < -0.3 is 14.0 Å². The van der Waals surface area contributed by atoms with Gasteiger partial charge in [-0.15, -0.1) is 0 Å². The third kappa shape index (κ3) is 3.01. The van der Waals surface area contributed by atoms with Crippen LogP contribution in [0, 0.1) is 0 Å². The minimum atomic E-state index is -0.736. The zero-order valence-electron chi connectivity index (χ0n) is 15.0. The van der Waals surface area contributed by atoms with E-state index in [4.69, 9.17) is 32.7 Å². The van der Waals surface area contributed by atoms with Crippen LogP contribution in [-0.2, 0) is 16.0 Å². The lowest BCUT2D eigenvalue weighted by Gasteiger charge is -2.38. The van der Waals surface area contributed by atoms with E-state index in [0.717, 1.165) is 12.8 Å². The Labute approximate surface area is 171 Å². The molecule has 4 rings (SSSR count). The van der Waals surface area contributed by atoms with Gasteiger partial charge >= 0.3 is 11.9 Å². The first-order valence-corrected chi connectivity index (χ1v) is 9.78. The molecule has 0 bridgehead atoms. The molecule has 0 amide bonds. The first-order chi connectivity index (χ1) is 13.4. The smallest absolute Gasteiger partial charge is 0.343 e. The molecular weight excluding hydrogens is 405 g/mol. The molecular formula is C20H17Cl2NO5. The van der Waals surface area contributed by atoms with Gasteiger partial charge in [0.1, 0.15) is 11.7 Å². The van der Waals surface area contributed by atoms with Crippen molar-refractivity contribution in [3.8, 4) is 0 Å². The van der Waals surface area contributed by atoms with Gasteiger partial charge in [-0.05, 0) is 43.5 Å². The zero-order chi connectivity index (χ0) is 20.0. The normalized spacial score (nSPS) is 20.3. The molecule has 2 unspecified atom stereocenters. The molecule has 0 N–H and O–H groups in total. The molecule has 2 atom stereocenters. The summed E-state index contributed by atoms with van der Waals surface area (Å²) < 4.78 is 12.2. The zero-order valence-corrected chi connectivity index (χ0v) is 16.5. The summed E-state index contributed by atoms with van der Waals surface area (Å²) in [5.74, 6) is -1.52. The quantitative estimate of drug-likeness (QED) is 0.696. The van der Waals surface area contributed by atoms with Crippen LogP contribution in [0.5, 0.6) is 0 Å². The SMILES string of the molecule is CCOC(=O)c1cc2c3n(c1=O)CCCC3C(c1ccc(Cl)c(Cl)c1)OC2=O. The number of rotatable bonds is 3. The molecule has 146 valence electrons. The van der Waals surface area contributed by atoms with E-state index in [1.54, 1.807) is 25.1 Å². The van der Waals surface area contributed by atoms with E-state index in [0.29, 0.717) is 27.8 Å². The Morgan fingerprint density at radius 2 is 2.04 bits per heavy atom. The van der Waals surface area contributed by atoms with Crippen molar-refractivity contribution < 1.29 is 19.1 Å². The van der Waals surface area contributed by atoms with E-state index in [2.05, 4.69) is 0 Å². The minimum absolute atomic E-state index is 0.141. The monoisotopic (exact) mass is 421 g/mol. The van der Waals surface area contributed by atoms with Gasteiger partial charge in [0.15, 0.2) is 0 Å². The van der Waals surface area contributed by atoms with Crippen molar-refractivity contribution in [1.29, 1.82) is 0 Å². The van der Waals surface area contributed by atoms with Gasteiger partial charge in [0, 0.05) is 18.2 Å². The summed E-state index contributed by atoms with van der Waals surface area (Å²) in [6.45, 7) is 2.23. The van der Waals surface area contributed by atoms with E-state index in [1.165, 1.54) is 10.6 Å². The number of cyclic esters (lactones) is 1. The van der Waals surface area contributed by atoms with E-state index >= 15 is 0 Å². The number of carbonyl (C=O) groups is 2. The van der Waals surface area contributed by atoms with Gasteiger partial charge in [-0.1, -0.05) is 29.3 Å². The van der Waals surface area contributed by atoms with E-state index < -0.39 is 23.6 Å². The second-order valence-corrected chi connectivity index (χ2v) is 7.60. The average Bonchev–Trinajstić information content (AvgIpc) is 2.68. The third-order valence-electron chi connectivity index (χ3n) is 5.17. The van der Waals surface area contributed by atoms with Crippen molar-refractivity contribution in [2.75, 3.05) is 6.61 Å². The Bertz CT molecular complexity index is 1050. The molecule has 1 aromatic heterocycles. The molecule has 0 aliphatic carbocycles. The maximum atomic E-state index is 12.9. The van der Waals surface area contributed by atoms with Gasteiger partial charge in [-0.2, -0.15) is 0 Å². The van der Waals surface area contributed by atoms with E-state index in [-0.39, 0.29) is 23.7 Å². The molecule has 28 heavy (non-hydrogen) atoms. The van der Waals surface area contributed by atoms with Crippen LogP contribution in [0.4, 0.5) is 0 Å². The van der Waals surface area contributed by atoms with Gasteiger partial charge in [-0.25, -0.2) is 9.59 Å². The number of benzene rings is 1. The predicted molar refractivity (Wildman–Crippen MR) is 103 cm³/mol. The van der Waals surface area contributed by atoms with Crippen molar-refractivity contribution in [2.24, 2.45) is 0 Å². The van der Waals surface area contributed by atoms with Crippen LogP contribution in [-0.4, -0.2) is 23.1 Å². The van der Waals surface area contributed by atoms with Crippen LogP contribution in [0.2, 0.25) is 10.0 Å².